The Morgan fingerprint density at radius 1 is 1.13 bits per heavy atom. The summed E-state index contributed by atoms with van der Waals surface area (Å²) in [4.78, 5) is 11.3. The summed E-state index contributed by atoms with van der Waals surface area (Å²) in [6.07, 6.45) is -0.846. The Labute approximate surface area is 134 Å². The maximum absolute atomic E-state index is 13.1. The highest BCUT2D eigenvalue weighted by atomic mass is 19.1. The van der Waals surface area contributed by atoms with Crippen LogP contribution in [-0.2, 0) is 0 Å². The molecule has 0 radical (unpaired) electrons. The lowest BCUT2D eigenvalue weighted by molar-refractivity contribution is 0.0625. The number of rotatable bonds is 7. The molecule has 0 bridgehead atoms. The lowest BCUT2D eigenvalue weighted by Gasteiger charge is -2.14. The number of halogens is 1. The van der Waals surface area contributed by atoms with Crippen molar-refractivity contribution < 1.29 is 23.8 Å². The molecule has 4 nitrogen and oxygen atoms in total. The van der Waals surface area contributed by atoms with Gasteiger partial charge in [-0.1, -0.05) is 12.1 Å². The molecule has 1 atom stereocenters. The quantitative estimate of drug-likeness (QED) is 0.797. The minimum Gasteiger partial charge on any atom is -0.491 e. The van der Waals surface area contributed by atoms with Crippen LogP contribution in [0.4, 0.5) is 4.39 Å². The molecule has 0 spiro atoms. The summed E-state index contributed by atoms with van der Waals surface area (Å²) >= 11 is 0. The molecule has 0 saturated heterocycles. The summed E-state index contributed by atoms with van der Waals surface area (Å²) in [5.74, 6) is 0.647. The lowest BCUT2D eigenvalue weighted by Crippen LogP contribution is -2.25. The van der Waals surface area contributed by atoms with Gasteiger partial charge in [-0.05, 0) is 49.7 Å². The van der Waals surface area contributed by atoms with Crippen LogP contribution in [0.25, 0.3) is 0 Å². The van der Waals surface area contributed by atoms with Crippen LogP contribution in [0, 0.1) is 12.7 Å². The average molecular weight is 318 g/mol. The molecule has 0 aliphatic rings. The van der Waals surface area contributed by atoms with Crippen molar-refractivity contribution in [1.29, 1.82) is 0 Å². The summed E-state index contributed by atoms with van der Waals surface area (Å²) in [7, 11) is 0. The number of hydrogen-bond acceptors (Lipinski definition) is 4. The number of aliphatic hydroxyl groups is 1. The molecule has 1 unspecified atom stereocenters. The van der Waals surface area contributed by atoms with Gasteiger partial charge in [0.1, 0.15) is 36.6 Å². The third-order valence-electron chi connectivity index (χ3n) is 3.25. The van der Waals surface area contributed by atoms with E-state index in [0.717, 1.165) is 0 Å². The highest BCUT2D eigenvalue weighted by Gasteiger charge is 2.08. The molecule has 23 heavy (non-hydrogen) atoms. The number of aryl methyl sites for hydroxylation is 1. The van der Waals surface area contributed by atoms with E-state index in [2.05, 4.69) is 0 Å². The number of carbonyl (C=O) groups excluding carboxylic acids is 1. The minimum absolute atomic E-state index is 0.0253. The van der Waals surface area contributed by atoms with Gasteiger partial charge in [0.2, 0.25) is 0 Å². The third-order valence-corrected chi connectivity index (χ3v) is 3.25. The van der Waals surface area contributed by atoms with Crippen molar-refractivity contribution in [3.63, 3.8) is 0 Å². The molecule has 0 amide bonds. The zero-order valence-corrected chi connectivity index (χ0v) is 13.1. The predicted octanol–water partition coefficient (Wildman–Crippen LogP) is 3.16. The molecule has 0 aromatic heterocycles. The summed E-state index contributed by atoms with van der Waals surface area (Å²) in [6, 6.07) is 11.1. The number of benzene rings is 2. The van der Waals surface area contributed by atoms with E-state index in [-0.39, 0.29) is 24.8 Å². The van der Waals surface area contributed by atoms with E-state index < -0.39 is 6.10 Å². The fourth-order valence-electron chi connectivity index (χ4n) is 1.94. The first-order valence-corrected chi connectivity index (χ1v) is 7.26. The monoisotopic (exact) mass is 318 g/mol. The van der Waals surface area contributed by atoms with Crippen molar-refractivity contribution >= 4 is 5.78 Å². The summed E-state index contributed by atoms with van der Waals surface area (Å²) in [5.41, 5.74) is 1.03. The smallest absolute Gasteiger partial charge is 0.159 e. The molecule has 122 valence electrons. The standard InChI is InChI=1S/C18H19FO4/c1-12-8-17(6-7-18(12)19)23-11-15(21)10-22-16-5-3-4-14(9-16)13(2)20/h3-9,15,21H,10-11H2,1-2H3. The zero-order valence-electron chi connectivity index (χ0n) is 13.1. The molecular weight excluding hydrogens is 299 g/mol. The van der Waals surface area contributed by atoms with Gasteiger partial charge in [-0.15, -0.1) is 0 Å². The van der Waals surface area contributed by atoms with Crippen molar-refractivity contribution in [3.8, 4) is 11.5 Å². The van der Waals surface area contributed by atoms with E-state index in [1.807, 2.05) is 0 Å². The fraction of sp³-hybridized carbons (Fsp3) is 0.278. The van der Waals surface area contributed by atoms with Crippen LogP contribution in [0.2, 0.25) is 0 Å². The molecule has 0 saturated carbocycles. The first kappa shape index (κ1) is 17.0. The van der Waals surface area contributed by atoms with E-state index in [0.29, 0.717) is 22.6 Å². The topological polar surface area (TPSA) is 55.8 Å². The van der Waals surface area contributed by atoms with Crippen LogP contribution in [0.3, 0.4) is 0 Å². The molecule has 2 aromatic rings. The van der Waals surface area contributed by atoms with E-state index in [1.54, 1.807) is 37.3 Å². The molecule has 1 N–H and O–H groups in total. The molecule has 0 fully saturated rings. The van der Waals surface area contributed by atoms with Crippen LogP contribution >= 0.6 is 0 Å². The summed E-state index contributed by atoms with van der Waals surface area (Å²) < 4.78 is 24.0. The normalized spacial score (nSPS) is 11.8. The van der Waals surface area contributed by atoms with E-state index in [4.69, 9.17) is 9.47 Å². The number of Topliss-reactive ketones (excluding diaryl/α,β-unsaturated/α-hetero) is 1. The molecule has 0 heterocycles. The van der Waals surface area contributed by atoms with Gasteiger partial charge in [0.05, 0.1) is 0 Å². The second-order valence-electron chi connectivity index (χ2n) is 5.27. The largest absolute Gasteiger partial charge is 0.491 e. The molecule has 2 rings (SSSR count). The van der Waals surface area contributed by atoms with Crippen molar-refractivity contribution in [2.45, 2.75) is 20.0 Å². The van der Waals surface area contributed by atoms with Crippen molar-refractivity contribution in [2.24, 2.45) is 0 Å². The van der Waals surface area contributed by atoms with Gasteiger partial charge in [-0.25, -0.2) is 4.39 Å². The van der Waals surface area contributed by atoms with Crippen molar-refractivity contribution in [2.75, 3.05) is 13.2 Å². The van der Waals surface area contributed by atoms with E-state index >= 15 is 0 Å². The maximum Gasteiger partial charge on any atom is 0.159 e. The van der Waals surface area contributed by atoms with Gasteiger partial charge >= 0.3 is 0 Å². The number of ketones is 1. The predicted molar refractivity (Wildman–Crippen MR) is 84.6 cm³/mol. The van der Waals surface area contributed by atoms with Gasteiger partial charge < -0.3 is 14.6 Å². The average Bonchev–Trinajstić information content (AvgIpc) is 2.54. The summed E-state index contributed by atoms with van der Waals surface area (Å²) in [6.45, 7) is 3.18. The first-order chi connectivity index (χ1) is 11.0. The first-order valence-electron chi connectivity index (χ1n) is 7.26. The van der Waals surface area contributed by atoms with Crippen LogP contribution in [0.1, 0.15) is 22.8 Å². The Morgan fingerprint density at radius 3 is 2.39 bits per heavy atom. The van der Waals surface area contributed by atoms with Crippen LogP contribution < -0.4 is 9.47 Å². The van der Waals surface area contributed by atoms with Gasteiger partial charge in [-0.2, -0.15) is 0 Å². The second kappa shape index (κ2) is 7.74. The highest BCUT2D eigenvalue weighted by molar-refractivity contribution is 5.94. The Kier molecular flexibility index (Phi) is 5.71. The molecule has 2 aromatic carbocycles. The molecule has 0 aliphatic heterocycles. The van der Waals surface area contributed by atoms with Gasteiger partial charge in [0.15, 0.2) is 5.78 Å². The Hall–Kier alpha value is -2.40. The van der Waals surface area contributed by atoms with Gasteiger partial charge in [0, 0.05) is 5.56 Å². The van der Waals surface area contributed by atoms with Crippen molar-refractivity contribution in [1.82, 2.24) is 0 Å². The van der Waals surface area contributed by atoms with Crippen LogP contribution in [0.15, 0.2) is 42.5 Å². The maximum atomic E-state index is 13.1. The number of hydrogen-bond donors (Lipinski definition) is 1. The Balaban J connectivity index is 1.83. The van der Waals surface area contributed by atoms with E-state index in [9.17, 15) is 14.3 Å². The molecule has 0 aliphatic carbocycles. The van der Waals surface area contributed by atoms with E-state index in [1.165, 1.54) is 19.1 Å². The SMILES string of the molecule is CC(=O)c1cccc(OCC(O)COc2ccc(F)c(C)c2)c1. The van der Waals surface area contributed by atoms with Crippen LogP contribution in [-0.4, -0.2) is 30.2 Å². The zero-order chi connectivity index (χ0) is 16.8. The lowest BCUT2D eigenvalue weighted by atomic mass is 10.1. The molecular formula is C18H19FO4. The number of ether oxygens (including phenoxy) is 2. The highest BCUT2D eigenvalue weighted by Crippen LogP contribution is 2.17. The van der Waals surface area contributed by atoms with Crippen LogP contribution in [0.5, 0.6) is 11.5 Å². The van der Waals surface area contributed by atoms with Crippen molar-refractivity contribution in [3.05, 3.63) is 59.4 Å². The van der Waals surface area contributed by atoms with Gasteiger partial charge in [-0.3, -0.25) is 4.79 Å². The third kappa shape index (κ3) is 5.07. The summed E-state index contributed by atoms with van der Waals surface area (Å²) in [5, 5.41) is 9.88. The minimum atomic E-state index is -0.846. The number of carbonyl (C=O) groups is 1. The van der Waals surface area contributed by atoms with Gasteiger partial charge in [0.25, 0.3) is 0 Å². The Bertz CT molecular complexity index is 684. The number of aliphatic hydroxyl groups excluding tert-OH is 1. The molecule has 5 heteroatoms. The second-order valence-corrected chi connectivity index (χ2v) is 5.27. The fourth-order valence-corrected chi connectivity index (χ4v) is 1.94. The Morgan fingerprint density at radius 2 is 1.78 bits per heavy atom.